The van der Waals surface area contributed by atoms with Gasteiger partial charge in [0.25, 0.3) is 0 Å². The fourth-order valence-electron chi connectivity index (χ4n) is 0.365. The smallest absolute Gasteiger partial charge is 0.106 e. The van der Waals surface area contributed by atoms with E-state index in [4.69, 9.17) is 5.41 Å². The molecule has 0 heterocycles. The number of nitrogens with one attached hydrogen (secondary N) is 1. The lowest BCUT2D eigenvalue weighted by atomic mass is 10.2. The van der Waals surface area contributed by atoms with Crippen LogP contribution in [0.25, 0.3) is 0 Å². The van der Waals surface area contributed by atoms with Crippen molar-refractivity contribution in [3.63, 3.8) is 0 Å². The molecule has 0 aliphatic heterocycles. The maximum Gasteiger partial charge on any atom is 0.106 e. The summed E-state index contributed by atoms with van der Waals surface area (Å²) in [5.41, 5.74) is 0. The normalized spacial score (nSPS) is 11.9. The summed E-state index contributed by atoms with van der Waals surface area (Å²) in [6.07, 6.45) is 6.49. The molecule has 0 aromatic carbocycles. The predicted octanol–water partition coefficient (Wildman–Crippen LogP) is 1.88. The molecule has 0 saturated heterocycles. The summed E-state index contributed by atoms with van der Waals surface area (Å²) in [6.45, 7) is 4.18. The molecule has 0 unspecified atom stereocenters. The van der Waals surface area contributed by atoms with Gasteiger partial charge in [0.15, 0.2) is 0 Å². The van der Waals surface area contributed by atoms with Gasteiger partial charge in [-0.3, -0.25) is 5.41 Å². The van der Waals surface area contributed by atoms with Crippen molar-refractivity contribution < 1.29 is 0 Å². The van der Waals surface area contributed by atoms with E-state index in [0.29, 0.717) is 5.92 Å². The van der Waals surface area contributed by atoms with Crippen molar-refractivity contribution in [2.45, 2.75) is 13.8 Å². The zero-order valence-electron chi connectivity index (χ0n) is 5.83. The summed E-state index contributed by atoms with van der Waals surface area (Å²) in [7, 11) is 0. The van der Waals surface area contributed by atoms with E-state index in [9.17, 15) is 0 Å². The van der Waals surface area contributed by atoms with E-state index < -0.39 is 0 Å². The van der Waals surface area contributed by atoms with Crippen molar-refractivity contribution in [3.8, 4) is 0 Å². The van der Waals surface area contributed by atoms with Crippen LogP contribution in [0.3, 0.4) is 0 Å². The molecule has 2 nitrogen and oxygen atoms in total. The molecule has 0 fully saturated rings. The molecule has 0 aromatic heterocycles. The molecular formula is C7H12N2. The predicted molar refractivity (Wildman–Crippen MR) is 41.3 cm³/mol. The molecule has 0 atom stereocenters. The molecule has 0 spiro atoms. The Labute approximate surface area is 55.8 Å². The van der Waals surface area contributed by atoms with Crippen LogP contribution in [-0.4, -0.2) is 12.6 Å². The molecule has 0 aliphatic rings. The summed E-state index contributed by atoms with van der Waals surface area (Å²) in [6, 6.07) is 0. The van der Waals surface area contributed by atoms with Crippen LogP contribution >= 0.6 is 0 Å². The van der Waals surface area contributed by atoms with Gasteiger partial charge in [-0.15, -0.1) is 0 Å². The van der Waals surface area contributed by atoms with Crippen molar-refractivity contribution in [1.29, 1.82) is 5.41 Å². The fourth-order valence-corrected chi connectivity index (χ4v) is 0.365. The van der Waals surface area contributed by atoms with Crippen molar-refractivity contribution in [2.75, 3.05) is 0 Å². The van der Waals surface area contributed by atoms with Crippen molar-refractivity contribution >= 4 is 12.6 Å². The molecule has 0 radical (unpaired) electrons. The average molecular weight is 124 g/mol. The molecule has 0 rings (SSSR count). The minimum Gasteiger partial charge on any atom is -0.290 e. The van der Waals surface area contributed by atoms with Gasteiger partial charge in [-0.25, -0.2) is 4.99 Å². The minimum absolute atomic E-state index is 0.558. The van der Waals surface area contributed by atoms with Crippen LogP contribution in [0.4, 0.5) is 0 Å². The molecule has 1 N–H and O–H groups in total. The van der Waals surface area contributed by atoms with Crippen molar-refractivity contribution in [3.05, 3.63) is 12.2 Å². The highest BCUT2D eigenvalue weighted by molar-refractivity contribution is 5.78. The van der Waals surface area contributed by atoms with Gasteiger partial charge in [0, 0.05) is 6.21 Å². The fraction of sp³-hybridized carbons (Fsp3) is 0.429. The largest absolute Gasteiger partial charge is 0.290 e. The van der Waals surface area contributed by atoms with Crippen LogP contribution in [0.1, 0.15) is 13.8 Å². The number of hydrogen-bond donors (Lipinski definition) is 1. The van der Waals surface area contributed by atoms with Crippen molar-refractivity contribution in [1.82, 2.24) is 0 Å². The topological polar surface area (TPSA) is 36.2 Å². The second kappa shape index (κ2) is 5.22. The first kappa shape index (κ1) is 8.08. The third kappa shape index (κ3) is 7.08. The van der Waals surface area contributed by atoms with Crippen LogP contribution < -0.4 is 0 Å². The van der Waals surface area contributed by atoms with E-state index in [1.807, 2.05) is 12.2 Å². The third-order valence-electron chi connectivity index (χ3n) is 0.743. The van der Waals surface area contributed by atoms with E-state index in [-0.39, 0.29) is 0 Å². The van der Waals surface area contributed by atoms with Gasteiger partial charge in [0.2, 0.25) is 0 Å². The summed E-state index contributed by atoms with van der Waals surface area (Å²) >= 11 is 0. The molecule has 0 amide bonds. The molecule has 0 aromatic rings. The Morgan fingerprint density at radius 1 is 1.44 bits per heavy atom. The Kier molecular flexibility index (Phi) is 4.69. The van der Waals surface area contributed by atoms with E-state index in [1.54, 1.807) is 6.21 Å². The number of rotatable bonds is 3. The number of allylic oxidation sites excluding steroid dienone is 2. The summed E-state index contributed by atoms with van der Waals surface area (Å²) < 4.78 is 0. The van der Waals surface area contributed by atoms with Gasteiger partial charge >= 0.3 is 0 Å². The molecule has 0 bridgehead atoms. The highest BCUT2D eigenvalue weighted by Crippen LogP contribution is 1.90. The first-order valence-corrected chi connectivity index (χ1v) is 2.96. The summed E-state index contributed by atoms with van der Waals surface area (Å²) in [5, 5.41) is 6.53. The Hall–Kier alpha value is -0.920. The quantitative estimate of drug-likeness (QED) is 0.440. The lowest BCUT2D eigenvalue weighted by Gasteiger charge is -1.87. The molecular weight excluding hydrogens is 112 g/mol. The maximum absolute atomic E-state index is 6.53. The highest BCUT2D eigenvalue weighted by Gasteiger charge is 1.78. The second-order valence-electron chi connectivity index (χ2n) is 2.06. The van der Waals surface area contributed by atoms with Gasteiger partial charge in [0.05, 0.1) is 0 Å². The van der Waals surface area contributed by atoms with Crippen LogP contribution in [0.15, 0.2) is 17.1 Å². The second-order valence-corrected chi connectivity index (χ2v) is 2.06. The van der Waals surface area contributed by atoms with E-state index >= 15 is 0 Å². The van der Waals surface area contributed by atoms with Gasteiger partial charge in [-0.05, 0) is 12.0 Å². The Bertz CT molecular complexity index is 123. The van der Waals surface area contributed by atoms with Crippen LogP contribution in [0.5, 0.6) is 0 Å². The van der Waals surface area contributed by atoms with Gasteiger partial charge in [0.1, 0.15) is 6.34 Å². The minimum atomic E-state index is 0.558. The number of aliphatic imine (C=N–C) groups is 1. The van der Waals surface area contributed by atoms with E-state index in [0.717, 1.165) is 6.34 Å². The molecule has 2 heteroatoms. The van der Waals surface area contributed by atoms with E-state index in [2.05, 4.69) is 18.8 Å². The van der Waals surface area contributed by atoms with Crippen molar-refractivity contribution in [2.24, 2.45) is 10.9 Å². The number of hydrogen-bond acceptors (Lipinski definition) is 1. The number of nitrogens with zero attached hydrogens (tertiary/aromatic N) is 1. The molecule has 0 aliphatic carbocycles. The third-order valence-corrected chi connectivity index (χ3v) is 0.743. The van der Waals surface area contributed by atoms with Gasteiger partial charge in [-0.1, -0.05) is 19.9 Å². The average Bonchev–Trinajstić information content (AvgIpc) is 1.80. The molecule has 9 heavy (non-hydrogen) atoms. The standard InChI is InChI=1S/C7H12N2/c1-7(2)4-3-5-9-6-8/h3-8H,1-2H3/b4-3-,8-6?,9-5?. The first-order chi connectivity index (χ1) is 4.27. The SMILES string of the molecule is CC(C)/C=C\C=NC=N. The Balaban J connectivity index is 3.46. The van der Waals surface area contributed by atoms with Crippen LogP contribution in [0.2, 0.25) is 0 Å². The van der Waals surface area contributed by atoms with E-state index in [1.165, 1.54) is 0 Å². The lowest BCUT2D eigenvalue weighted by molar-refractivity contribution is 0.833. The molecule has 50 valence electrons. The summed E-state index contributed by atoms with van der Waals surface area (Å²) in [5.74, 6) is 0.558. The highest BCUT2D eigenvalue weighted by atomic mass is 14.7. The zero-order chi connectivity index (χ0) is 7.11. The lowest BCUT2D eigenvalue weighted by Crippen LogP contribution is -1.76. The summed E-state index contributed by atoms with van der Waals surface area (Å²) in [4.78, 5) is 3.57. The zero-order valence-corrected chi connectivity index (χ0v) is 5.83. The Morgan fingerprint density at radius 3 is 2.56 bits per heavy atom. The Morgan fingerprint density at radius 2 is 2.11 bits per heavy atom. The molecule has 0 saturated carbocycles. The van der Waals surface area contributed by atoms with Gasteiger partial charge in [-0.2, -0.15) is 0 Å². The van der Waals surface area contributed by atoms with Gasteiger partial charge < -0.3 is 0 Å². The monoisotopic (exact) mass is 124 g/mol. The first-order valence-electron chi connectivity index (χ1n) is 2.96. The van der Waals surface area contributed by atoms with Crippen LogP contribution in [0, 0.1) is 11.3 Å². The van der Waals surface area contributed by atoms with Crippen LogP contribution in [-0.2, 0) is 0 Å². The maximum atomic E-state index is 6.53.